The second kappa shape index (κ2) is 5.11. The highest BCUT2D eigenvalue weighted by Crippen LogP contribution is 2.34. The summed E-state index contributed by atoms with van der Waals surface area (Å²) in [5, 5.41) is 0. The zero-order chi connectivity index (χ0) is 13.3. The predicted octanol–water partition coefficient (Wildman–Crippen LogP) is 2.61. The zero-order valence-corrected chi connectivity index (χ0v) is 11.6. The molecular weight excluding hydrogens is 226 g/mol. The molecule has 0 amide bonds. The fourth-order valence-electron chi connectivity index (χ4n) is 2.28. The summed E-state index contributed by atoms with van der Waals surface area (Å²) in [7, 11) is 3.46. The van der Waals surface area contributed by atoms with Crippen LogP contribution in [0.15, 0.2) is 18.2 Å². The summed E-state index contributed by atoms with van der Waals surface area (Å²) in [4.78, 5) is 14.2. The molecule has 1 aliphatic carbocycles. The highest BCUT2D eigenvalue weighted by Gasteiger charge is 2.36. The summed E-state index contributed by atoms with van der Waals surface area (Å²) in [6.07, 6.45) is 2.35. The number of hydrogen-bond donors (Lipinski definition) is 0. The Morgan fingerprint density at radius 3 is 2.50 bits per heavy atom. The van der Waals surface area contributed by atoms with Gasteiger partial charge >= 0.3 is 5.97 Å². The third-order valence-corrected chi connectivity index (χ3v) is 3.80. The molecule has 0 saturated heterocycles. The van der Waals surface area contributed by atoms with E-state index in [1.54, 1.807) is 0 Å². The molecule has 0 N–H and O–H groups in total. The first-order valence-electron chi connectivity index (χ1n) is 6.41. The number of rotatable bonds is 4. The van der Waals surface area contributed by atoms with Gasteiger partial charge in [-0.05, 0) is 50.4 Å². The first-order valence-corrected chi connectivity index (χ1v) is 6.41. The SMILES string of the molecule is COC(=O)C(c1ccc(C)c(C)c1)N(C)C1CC1. The minimum atomic E-state index is -0.276. The van der Waals surface area contributed by atoms with Crippen LogP contribution in [0.25, 0.3) is 0 Å². The number of benzene rings is 1. The molecule has 2 rings (SSSR count). The number of nitrogens with zero attached hydrogens (tertiary/aromatic N) is 1. The lowest BCUT2D eigenvalue weighted by Crippen LogP contribution is -2.33. The Bertz CT molecular complexity index is 452. The molecule has 0 aromatic heterocycles. The molecule has 0 aliphatic heterocycles. The highest BCUT2D eigenvalue weighted by molar-refractivity contribution is 5.77. The number of esters is 1. The van der Waals surface area contributed by atoms with E-state index in [1.807, 2.05) is 13.1 Å². The summed E-state index contributed by atoms with van der Waals surface area (Å²) >= 11 is 0. The van der Waals surface area contributed by atoms with E-state index in [0.717, 1.165) is 5.56 Å². The van der Waals surface area contributed by atoms with Crippen molar-refractivity contribution in [2.24, 2.45) is 0 Å². The van der Waals surface area contributed by atoms with Crippen LogP contribution in [0, 0.1) is 13.8 Å². The molecule has 18 heavy (non-hydrogen) atoms. The minimum absolute atomic E-state index is 0.173. The van der Waals surface area contributed by atoms with E-state index in [0.29, 0.717) is 6.04 Å². The Morgan fingerprint density at radius 2 is 2.00 bits per heavy atom. The van der Waals surface area contributed by atoms with Crippen molar-refractivity contribution in [2.45, 2.75) is 38.8 Å². The van der Waals surface area contributed by atoms with Gasteiger partial charge in [0.25, 0.3) is 0 Å². The number of aryl methyl sites for hydroxylation is 2. The molecular formula is C15H21NO2. The second-order valence-corrected chi connectivity index (χ2v) is 5.17. The average molecular weight is 247 g/mol. The van der Waals surface area contributed by atoms with Crippen LogP contribution in [0.4, 0.5) is 0 Å². The minimum Gasteiger partial charge on any atom is -0.468 e. The molecule has 1 unspecified atom stereocenters. The quantitative estimate of drug-likeness (QED) is 0.766. The van der Waals surface area contributed by atoms with Gasteiger partial charge in [-0.3, -0.25) is 4.90 Å². The van der Waals surface area contributed by atoms with E-state index in [1.165, 1.54) is 31.1 Å². The molecule has 0 radical (unpaired) electrons. The third-order valence-electron chi connectivity index (χ3n) is 3.80. The first kappa shape index (κ1) is 13.1. The fraction of sp³-hybridized carbons (Fsp3) is 0.533. The van der Waals surface area contributed by atoms with Gasteiger partial charge in [-0.15, -0.1) is 0 Å². The van der Waals surface area contributed by atoms with Gasteiger partial charge in [-0.25, -0.2) is 4.79 Å². The predicted molar refractivity (Wildman–Crippen MR) is 71.5 cm³/mol. The van der Waals surface area contributed by atoms with Gasteiger partial charge in [-0.2, -0.15) is 0 Å². The van der Waals surface area contributed by atoms with Crippen LogP contribution in [0.2, 0.25) is 0 Å². The molecule has 1 aromatic rings. The Kier molecular flexibility index (Phi) is 3.71. The summed E-state index contributed by atoms with van der Waals surface area (Å²) in [5.41, 5.74) is 3.49. The molecule has 3 heteroatoms. The molecule has 0 heterocycles. The lowest BCUT2D eigenvalue weighted by molar-refractivity contribution is -0.147. The highest BCUT2D eigenvalue weighted by atomic mass is 16.5. The normalized spacial score (nSPS) is 16.7. The lowest BCUT2D eigenvalue weighted by Gasteiger charge is -2.26. The van der Waals surface area contributed by atoms with Crippen LogP contribution in [0.1, 0.15) is 35.6 Å². The first-order chi connectivity index (χ1) is 8.54. The largest absolute Gasteiger partial charge is 0.468 e. The Hall–Kier alpha value is -1.35. The van der Waals surface area contributed by atoms with E-state index >= 15 is 0 Å². The van der Waals surface area contributed by atoms with E-state index in [-0.39, 0.29) is 12.0 Å². The maximum Gasteiger partial charge on any atom is 0.327 e. The second-order valence-electron chi connectivity index (χ2n) is 5.17. The van der Waals surface area contributed by atoms with Crippen molar-refractivity contribution in [3.8, 4) is 0 Å². The summed E-state index contributed by atoms with van der Waals surface area (Å²) in [5.74, 6) is -0.173. The van der Waals surface area contributed by atoms with Crippen molar-refractivity contribution < 1.29 is 9.53 Å². The Labute approximate surface area is 109 Å². The number of carbonyl (C=O) groups is 1. The Balaban J connectivity index is 2.32. The number of hydrogen-bond acceptors (Lipinski definition) is 3. The van der Waals surface area contributed by atoms with Crippen molar-refractivity contribution in [2.75, 3.05) is 14.2 Å². The van der Waals surface area contributed by atoms with Gasteiger partial charge in [0.1, 0.15) is 6.04 Å². The molecule has 0 spiro atoms. The molecule has 1 aromatic carbocycles. The Morgan fingerprint density at radius 1 is 1.33 bits per heavy atom. The van der Waals surface area contributed by atoms with Gasteiger partial charge in [0, 0.05) is 6.04 Å². The third kappa shape index (κ3) is 2.56. The molecule has 3 nitrogen and oxygen atoms in total. The number of carbonyl (C=O) groups excluding carboxylic acids is 1. The van der Waals surface area contributed by atoms with Crippen molar-refractivity contribution in [3.05, 3.63) is 34.9 Å². The molecule has 1 aliphatic rings. The number of methoxy groups -OCH3 is 1. The summed E-state index contributed by atoms with van der Waals surface area (Å²) < 4.78 is 4.96. The van der Waals surface area contributed by atoms with Crippen LogP contribution >= 0.6 is 0 Å². The van der Waals surface area contributed by atoms with Crippen molar-refractivity contribution in [1.82, 2.24) is 4.90 Å². The fourth-order valence-corrected chi connectivity index (χ4v) is 2.28. The maximum atomic E-state index is 12.0. The van der Waals surface area contributed by atoms with Gasteiger partial charge in [0.2, 0.25) is 0 Å². The molecule has 1 atom stereocenters. The lowest BCUT2D eigenvalue weighted by atomic mass is 10.00. The number of likely N-dealkylation sites (N-methyl/N-ethyl adjacent to an activating group) is 1. The van der Waals surface area contributed by atoms with E-state index in [2.05, 4.69) is 30.9 Å². The van der Waals surface area contributed by atoms with Crippen LogP contribution in [-0.4, -0.2) is 31.1 Å². The summed E-state index contributed by atoms with van der Waals surface area (Å²) in [6.45, 7) is 4.15. The molecule has 98 valence electrons. The summed E-state index contributed by atoms with van der Waals surface area (Å²) in [6, 6.07) is 6.44. The smallest absolute Gasteiger partial charge is 0.327 e. The van der Waals surface area contributed by atoms with Gasteiger partial charge in [0.15, 0.2) is 0 Å². The van der Waals surface area contributed by atoms with Crippen LogP contribution in [0.3, 0.4) is 0 Å². The van der Waals surface area contributed by atoms with Crippen molar-refractivity contribution in [1.29, 1.82) is 0 Å². The number of ether oxygens (including phenoxy) is 1. The van der Waals surface area contributed by atoms with Crippen molar-refractivity contribution >= 4 is 5.97 Å². The molecule has 0 bridgehead atoms. The van der Waals surface area contributed by atoms with Crippen LogP contribution in [0.5, 0.6) is 0 Å². The van der Waals surface area contributed by atoms with Gasteiger partial charge in [0.05, 0.1) is 7.11 Å². The molecule has 1 fully saturated rings. The van der Waals surface area contributed by atoms with Crippen LogP contribution in [-0.2, 0) is 9.53 Å². The zero-order valence-electron chi connectivity index (χ0n) is 11.6. The monoisotopic (exact) mass is 247 g/mol. The topological polar surface area (TPSA) is 29.5 Å². The van der Waals surface area contributed by atoms with E-state index in [4.69, 9.17) is 4.74 Å². The van der Waals surface area contributed by atoms with Gasteiger partial charge in [-0.1, -0.05) is 18.2 Å². The van der Waals surface area contributed by atoms with E-state index in [9.17, 15) is 4.79 Å². The maximum absolute atomic E-state index is 12.0. The van der Waals surface area contributed by atoms with Crippen LogP contribution < -0.4 is 0 Å². The van der Waals surface area contributed by atoms with Crippen molar-refractivity contribution in [3.63, 3.8) is 0 Å². The standard InChI is InChI=1S/C15H21NO2/c1-10-5-6-12(9-11(10)2)14(15(17)18-4)16(3)13-7-8-13/h5-6,9,13-14H,7-8H2,1-4H3. The molecule has 1 saturated carbocycles. The average Bonchev–Trinajstić information content (AvgIpc) is 3.17. The van der Waals surface area contributed by atoms with Gasteiger partial charge < -0.3 is 4.74 Å². The van der Waals surface area contributed by atoms with E-state index < -0.39 is 0 Å².